The molecular weight excluding hydrogens is 354 g/mol. The fraction of sp³-hybridized carbons (Fsp3) is 0.444. The Bertz CT molecular complexity index is 766. The molecule has 1 aliphatic heterocycles. The van der Waals surface area contributed by atoms with Gasteiger partial charge >= 0.3 is 0 Å². The molecule has 0 saturated carbocycles. The molecule has 4 nitrogen and oxygen atoms in total. The molecule has 1 unspecified atom stereocenters. The maximum absolute atomic E-state index is 13.1. The first-order chi connectivity index (χ1) is 10.9. The summed E-state index contributed by atoms with van der Waals surface area (Å²) >= 11 is 3.56. The zero-order valence-corrected chi connectivity index (χ0v) is 15.6. The third-order valence-corrected chi connectivity index (χ3v) is 4.93. The average Bonchev–Trinajstić information content (AvgIpc) is 2.83. The summed E-state index contributed by atoms with van der Waals surface area (Å²) in [5, 5.41) is 4.48. The summed E-state index contributed by atoms with van der Waals surface area (Å²) in [5.41, 5.74) is 5.44. The molecule has 1 aliphatic rings. The van der Waals surface area contributed by atoms with Crippen molar-refractivity contribution in [3.8, 4) is 0 Å². The monoisotopic (exact) mass is 375 g/mol. The minimum atomic E-state index is -0.294. The van der Waals surface area contributed by atoms with Gasteiger partial charge in [0.05, 0.1) is 5.69 Å². The third-order valence-electron chi connectivity index (χ3n) is 4.48. The van der Waals surface area contributed by atoms with Crippen LogP contribution in [0, 0.1) is 20.8 Å². The van der Waals surface area contributed by atoms with Crippen molar-refractivity contribution < 1.29 is 4.79 Å². The smallest absolute Gasteiger partial charge is 0.251 e. The molecule has 0 N–H and O–H groups in total. The Hall–Kier alpha value is -1.62. The number of nitrogens with zero attached hydrogens (tertiary/aromatic N) is 3. The molecule has 5 heteroatoms. The number of aryl methyl sites for hydroxylation is 4. The van der Waals surface area contributed by atoms with Crippen molar-refractivity contribution in [3.05, 3.63) is 45.2 Å². The van der Waals surface area contributed by atoms with E-state index in [9.17, 15) is 4.79 Å². The van der Waals surface area contributed by atoms with Crippen LogP contribution in [0.25, 0.3) is 0 Å². The molecule has 1 atom stereocenters. The number of carbonyl (C=O) groups is 1. The standard InChI is InChI=1S/C18H22BrN3O/c1-11-8-16(19)10-15-6-5-7-21(17(11)15)18(23)14(4)22-13(3)9-12(2)20-22/h8-10,14H,5-7H2,1-4H3. The highest BCUT2D eigenvalue weighted by Gasteiger charge is 2.29. The van der Waals surface area contributed by atoms with E-state index >= 15 is 0 Å². The summed E-state index contributed by atoms with van der Waals surface area (Å²) in [4.78, 5) is 15.1. The van der Waals surface area contributed by atoms with Crippen LogP contribution in [-0.4, -0.2) is 22.2 Å². The fourth-order valence-electron chi connectivity index (χ4n) is 3.51. The number of aromatic nitrogens is 2. The van der Waals surface area contributed by atoms with Gasteiger partial charge in [0.25, 0.3) is 5.91 Å². The van der Waals surface area contributed by atoms with E-state index in [1.165, 1.54) is 5.56 Å². The number of carbonyl (C=O) groups excluding carboxylic acids is 1. The Morgan fingerprint density at radius 3 is 2.65 bits per heavy atom. The van der Waals surface area contributed by atoms with Crippen LogP contribution in [0.4, 0.5) is 5.69 Å². The lowest BCUT2D eigenvalue weighted by Gasteiger charge is -2.33. The molecule has 2 heterocycles. The minimum Gasteiger partial charge on any atom is -0.310 e. The molecule has 0 saturated heterocycles. The third kappa shape index (κ3) is 2.94. The van der Waals surface area contributed by atoms with E-state index in [1.54, 1.807) is 0 Å². The van der Waals surface area contributed by atoms with Gasteiger partial charge in [-0.2, -0.15) is 5.10 Å². The Kier molecular flexibility index (Phi) is 4.32. The van der Waals surface area contributed by atoms with Crippen molar-refractivity contribution in [2.24, 2.45) is 0 Å². The second-order valence-corrected chi connectivity index (χ2v) is 7.29. The Morgan fingerprint density at radius 2 is 2.00 bits per heavy atom. The molecule has 0 bridgehead atoms. The number of anilines is 1. The largest absolute Gasteiger partial charge is 0.310 e. The van der Waals surface area contributed by atoms with Crippen LogP contribution < -0.4 is 4.90 Å². The van der Waals surface area contributed by atoms with Crippen LogP contribution in [0.15, 0.2) is 22.7 Å². The number of amides is 1. The van der Waals surface area contributed by atoms with Crippen molar-refractivity contribution in [2.45, 2.75) is 46.6 Å². The highest BCUT2D eigenvalue weighted by Crippen LogP contribution is 2.34. The summed E-state index contributed by atoms with van der Waals surface area (Å²) < 4.78 is 2.91. The molecule has 1 aromatic carbocycles. The molecule has 0 fully saturated rings. The SMILES string of the molecule is Cc1cc(C)n(C(C)C(=O)N2CCCc3cc(Br)cc(C)c32)n1. The Balaban J connectivity index is 1.97. The maximum Gasteiger partial charge on any atom is 0.251 e. The molecule has 0 radical (unpaired) electrons. The van der Waals surface area contributed by atoms with E-state index in [1.807, 2.05) is 36.4 Å². The fourth-order valence-corrected chi connectivity index (χ4v) is 4.13. The maximum atomic E-state index is 13.1. The van der Waals surface area contributed by atoms with E-state index in [0.29, 0.717) is 0 Å². The van der Waals surface area contributed by atoms with Gasteiger partial charge < -0.3 is 4.90 Å². The van der Waals surface area contributed by atoms with Gasteiger partial charge in [0.15, 0.2) is 0 Å². The van der Waals surface area contributed by atoms with E-state index in [0.717, 1.165) is 46.5 Å². The minimum absolute atomic E-state index is 0.113. The van der Waals surface area contributed by atoms with Crippen LogP contribution >= 0.6 is 15.9 Å². The number of hydrogen-bond acceptors (Lipinski definition) is 2. The van der Waals surface area contributed by atoms with E-state index in [4.69, 9.17) is 0 Å². The molecule has 1 aromatic heterocycles. The quantitative estimate of drug-likeness (QED) is 0.791. The van der Waals surface area contributed by atoms with Gasteiger partial charge in [0.2, 0.25) is 0 Å². The second kappa shape index (κ2) is 6.11. The van der Waals surface area contributed by atoms with E-state index in [2.05, 4.69) is 40.1 Å². The van der Waals surface area contributed by atoms with E-state index in [-0.39, 0.29) is 11.9 Å². The molecular formula is C18H22BrN3O. The normalized spacial score (nSPS) is 15.4. The van der Waals surface area contributed by atoms with Crippen molar-refractivity contribution >= 4 is 27.5 Å². The first kappa shape index (κ1) is 16.2. The lowest BCUT2D eigenvalue weighted by atomic mass is 9.97. The van der Waals surface area contributed by atoms with Gasteiger partial charge in [-0.3, -0.25) is 9.48 Å². The topological polar surface area (TPSA) is 38.1 Å². The number of hydrogen-bond donors (Lipinski definition) is 0. The van der Waals surface area contributed by atoms with Crippen LogP contribution in [0.2, 0.25) is 0 Å². The average molecular weight is 376 g/mol. The number of rotatable bonds is 2. The predicted molar refractivity (Wildman–Crippen MR) is 96.0 cm³/mol. The summed E-state index contributed by atoms with van der Waals surface area (Å²) in [6.07, 6.45) is 2.02. The molecule has 1 amide bonds. The Morgan fingerprint density at radius 1 is 1.26 bits per heavy atom. The summed E-state index contributed by atoms with van der Waals surface area (Å²) in [6, 6.07) is 5.93. The summed E-state index contributed by atoms with van der Waals surface area (Å²) in [5.74, 6) is 0.113. The van der Waals surface area contributed by atoms with Crippen LogP contribution in [-0.2, 0) is 11.2 Å². The zero-order chi connectivity index (χ0) is 16.7. The van der Waals surface area contributed by atoms with Crippen molar-refractivity contribution in [1.29, 1.82) is 0 Å². The molecule has 23 heavy (non-hydrogen) atoms. The summed E-state index contributed by atoms with van der Waals surface area (Å²) in [7, 11) is 0. The number of halogens is 1. The van der Waals surface area contributed by atoms with Crippen LogP contribution in [0.3, 0.4) is 0 Å². The second-order valence-electron chi connectivity index (χ2n) is 6.37. The van der Waals surface area contributed by atoms with Gasteiger partial charge in [0, 0.05) is 22.4 Å². The molecule has 122 valence electrons. The lowest BCUT2D eigenvalue weighted by Crippen LogP contribution is -2.40. The van der Waals surface area contributed by atoms with Crippen LogP contribution in [0.5, 0.6) is 0 Å². The van der Waals surface area contributed by atoms with E-state index < -0.39 is 0 Å². The molecule has 2 aromatic rings. The first-order valence-electron chi connectivity index (χ1n) is 8.01. The van der Waals surface area contributed by atoms with Crippen LogP contribution in [0.1, 0.15) is 41.9 Å². The van der Waals surface area contributed by atoms with Crippen molar-refractivity contribution in [2.75, 3.05) is 11.4 Å². The first-order valence-corrected chi connectivity index (χ1v) is 8.81. The lowest BCUT2D eigenvalue weighted by molar-refractivity contribution is -0.121. The predicted octanol–water partition coefficient (Wildman–Crippen LogP) is 4.11. The van der Waals surface area contributed by atoms with Gasteiger partial charge in [-0.1, -0.05) is 15.9 Å². The Labute approximate surface area is 145 Å². The van der Waals surface area contributed by atoms with Crippen molar-refractivity contribution in [1.82, 2.24) is 9.78 Å². The van der Waals surface area contributed by atoms with Crippen molar-refractivity contribution in [3.63, 3.8) is 0 Å². The van der Waals surface area contributed by atoms with Gasteiger partial charge in [-0.25, -0.2) is 0 Å². The molecule has 3 rings (SSSR count). The highest BCUT2D eigenvalue weighted by atomic mass is 79.9. The highest BCUT2D eigenvalue weighted by molar-refractivity contribution is 9.10. The number of fused-ring (bicyclic) bond motifs is 1. The molecule has 0 aliphatic carbocycles. The van der Waals surface area contributed by atoms with Gasteiger partial charge in [-0.15, -0.1) is 0 Å². The zero-order valence-electron chi connectivity index (χ0n) is 14.1. The van der Waals surface area contributed by atoms with Gasteiger partial charge in [0.1, 0.15) is 6.04 Å². The molecule has 0 spiro atoms. The summed E-state index contributed by atoms with van der Waals surface area (Å²) in [6.45, 7) is 8.74. The van der Waals surface area contributed by atoms with Gasteiger partial charge in [-0.05, 0) is 69.9 Å². The number of benzene rings is 1.